The van der Waals surface area contributed by atoms with E-state index in [-0.39, 0.29) is 24.2 Å². The van der Waals surface area contributed by atoms with Gasteiger partial charge in [0.2, 0.25) is 0 Å². The molecule has 0 fully saturated rings. The molecule has 1 heterocycles. The summed E-state index contributed by atoms with van der Waals surface area (Å²) >= 11 is 6.15. The maximum absolute atomic E-state index is 13.3. The summed E-state index contributed by atoms with van der Waals surface area (Å²) in [5.74, 6) is -1.02. The molecular weight excluding hydrogens is 416 g/mol. The van der Waals surface area contributed by atoms with Crippen LogP contribution < -0.4 is 11.2 Å². The minimum Gasteiger partial charge on any atom is -0.478 e. The Bertz CT molecular complexity index is 1370. The van der Waals surface area contributed by atoms with Crippen LogP contribution in [-0.2, 0) is 19.5 Å². The number of hydrogen-bond donors (Lipinski definition) is 1. The number of carboxylic acid groups (broad SMARTS) is 1. The summed E-state index contributed by atoms with van der Waals surface area (Å²) in [7, 11) is 0. The number of halogens is 1. The van der Waals surface area contributed by atoms with E-state index in [1.165, 1.54) is 21.3 Å². The van der Waals surface area contributed by atoms with Crippen LogP contribution in [0, 0.1) is 0 Å². The van der Waals surface area contributed by atoms with Gasteiger partial charge in [0.25, 0.3) is 5.56 Å². The summed E-state index contributed by atoms with van der Waals surface area (Å²) in [5, 5.41) is 9.92. The molecule has 7 heteroatoms. The van der Waals surface area contributed by atoms with Gasteiger partial charge in [-0.25, -0.2) is 9.59 Å². The molecule has 0 spiro atoms. The molecule has 0 unspecified atom stereocenters. The lowest BCUT2D eigenvalue weighted by atomic mass is 10.1. The van der Waals surface area contributed by atoms with Gasteiger partial charge in [-0.3, -0.25) is 13.9 Å². The number of aromatic nitrogens is 2. The highest BCUT2D eigenvalue weighted by atomic mass is 35.5. The topological polar surface area (TPSA) is 81.3 Å². The highest BCUT2D eigenvalue weighted by Crippen LogP contribution is 2.17. The second-order valence-corrected chi connectivity index (χ2v) is 7.66. The zero-order valence-corrected chi connectivity index (χ0v) is 17.2. The highest BCUT2D eigenvalue weighted by Gasteiger charge is 2.14. The average Bonchev–Trinajstić information content (AvgIpc) is 2.77. The molecule has 3 aromatic carbocycles. The second kappa shape index (κ2) is 8.62. The van der Waals surface area contributed by atoms with E-state index in [2.05, 4.69) is 0 Å². The summed E-state index contributed by atoms with van der Waals surface area (Å²) in [4.78, 5) is 37.5. The summed E-state index contributed by atoms with van der Waals surface area (Å²) in [6.07, 6.45) is 0.544. The molecule has 4 rings (SSSR count). The summed E-state index contributed by atoms with van der Waals surface area (Å²) in [6, 6.07) is 20.8. The second-order valence-electron chi connectivity index (χ2n) is 7.22. The minimum atomic E-state index is -1.02. The Balaban J connectivity index is 1.80. The molecule has 0 saturated carbocycles. The molecule has 1 aromatic heterocycles. The molecule has 4 aromatic rings. The monoisotopic (exact) mass is 434 g/mol. The number of aryl methyl sites for hydroxylation is 1. The van der Waals surface area contributed by atoms with Gasteiger partial charge in [-0.1, -0.05) is 54.1 Å². The van der Waals surface area contributed by atoms with Gasteiger partial charge in [-0.2, -0.15) is 0 Å². The standard InChI is InChI=1S/C24H19ClN2O4/c25-19-10-11-20-21(14-19)27(15-17-6-8-18(9-7-17)23(29)30)24(31)26(22(20)28)13-12-16-4-2-1-3-5-16/h1-11,14H,12-13,15H2,(H,29,30). The van der Waals surface area contributed by atoms with Crippen molar-refractivity contribution in [2.24, 2.45) is 0 Å². The highest BCUT2D eigenvalue weighted by molar-refractivity contribution is 6.31. The normalized spacial score (nSPS) is 11.0. The first kappa shape index (κ1) is 20.6. The van der Waals surface area contributed by atoms with Crippen LogP contribution in [0.5, 0.6) is 0 Å². The van der Waals surface area contributed by atoms with Gasteiger partial charge in [0.05, 0.1) is 23.0 Å². The van der Waals surface area contributed by atoms with Crippen LogP contribution >= 0.6 is 11.6 Å². The van der Waals surface area contributed by atoms with E-state index < -0.39 is 11.7 Å². The van der Waals surface area contributed by atoms with Crippen molar-refractivity contribution >= 4 is 28.5 Å². The first-order valence-electron chi connectivity index (χ1n) is 9.73. The van der Waals surface area contributed by atoms with Gasteiger partial charge < -0.3 is 5.11 Å². The van der Waals surface area contributed by atoms with Crippen LogP contribution in [-0.4, -0.2) is 20.2 Å². The third-order valence-corrected chi connectivity index (χ3v) is 5.43. The van der Waals surface area contributed by atoms with E-state index in [1.54, 1.807) is 30.3 Å². The minimum absolute atomic E-state index is 0.164. The summed E-state index contributed by atoms with van der Waals surface area (Å²) in [5.41, 5.74) is 1.59. The van der Waals surface area contributed by atoms with Crippen molar-refractivity contribution in [1.82, 2.24) is 9.13 Å². The maximum Gasteiger partial charge on any atom is 0.335 e. The number of fused-ring (bicyclic) bond motifs is 1. The molecule has 0 aliphatic rings. The Morgan fingerprint density at radius 2 is 1.58 bits per heavy atom. The molecule has 0 aliphatic carbocycles. The van der Waals surface area contributed by atoms with Crippen molar-refractivity contribution < 1.29 is 9.90 Å². The Kier molecular flexibility index (Phi) is 5.73. The van der Waals surface area contributed by atoms with E-state index in [0.29, 0.717) is 22.3 Å². The number of hydrogen-bond acceptors (Lipinski definition) is 3. The van der Waals surface area contributed by atoms with Crippen LogP contribution in [0.1, 0.15) is 21.5 Å². The molecule has 1 N–H and O–H groups in total. The van der Waals surface area contributed by atoms with Crippen molar-refractivity contribution in [2.75, 3.05) is 0 Å². The van der Waals surface area contributed by atoms with E-state index in [1.807, 2.05) is 30.3 Å². The first-order valence-corrected chi connectivity index (χ1v) is 10.1. The number of benzene rings is 3. The maximum atomic E-state index is 13.3. The van der Waals surface area contributed by atoms with Crippen molar-refractivity contribution in [1.29, 1.82) is 0 Å². The molecule has 0 bridgehead atoms. The number of carbonyl (C=O) groups is 1. The summed E-state index contributed by atoms with van der Waals surface area (Å²) < 4.78 is 2.75. The van der Waals surface area contributed by atoms with Crippen LogP contribution in [0.4, 0.5) is 0 Å². The average molecular weight is 435 g/mol. The molecule has 0 radical (unpaired) electrons. The molecule has 0 aliphatic heterocycles. The largest absolute Gasteiger partial charge is 0.478 e. The predicted molar refractivity (Wildman–Crippen MR) is 120 cm³/mol. The molecule has 6 nitrogen and oxygen atoms in total. The molecule has 156 valence electrons. The van der Waals surface area contributed by atoms with Gasteiger partial charge in [0.1, 0.15) is 0 Å². The van der Waals surface area contributed by atoms with Gasteiger partial charge in [0, 0.05) is 11.6 Å². The molecule has 0 atom stereocenters. The van der Waals surface area contributed by atoms with E-state index in [4.69, 9.17) is 16.7 Å². The molecular formula is C24H19ClN2O4. The van der Waals surface area contributed by atoms with Crippen molar-refractivity contribution in [2.45, 2.75) is 19.5 Å². The lowest BCUT2D eigenvalue weighted by molar-refractivity contribution is 0.0697. The third kappa shape index (κ3) is 4.29. The fourth-order valence-electron chi connectivity index (χ4n) is 3.56. The fraction of sp³-hybridized carbons (Fsp3) is 0.125. The van der Waals surface area contributed by atoms with Crippen molar-refractivity contribution in [3.8, 4) is 0 Å². The van der Waals surface area contributed by atoms with Gasteiger partial charge >= 0.3 is 11.7 Å². The lowest BCUT2D eigenvalue weighted by Gasteiger charge is -2.15. The predicted octanol–water partition coefficient (Wildman–Crippen LogP) is 3.81. The molecule has 0 saturated heterocycles. The smallest absolute Gasteiger partial charge is 0.335 e. The Morgan fingerprint density at radius 1 is 0.871 bits per heavy atom. The van der Waals surface area contributed by atoms with E-state index in [0.717, 1.165) is 11.1 Å². The zero-order valence-electron chi connectivity index (χ0n) is 16.5. The zero-order chi connectivity index (χ0) is 22.0. The number of nitrogens with zero attached hydrogens (tertiary/aromatic N) is 2. The van der Waals surface area contributed by atoms with Crippen molar-refractivity contribution in [3.63, 3.8) is 0 Å². The quantitative estimate of drug-likeness (QED) is 0.500. The Morgan fingerprint density at radius 3 is 2.26 bits per heavy atom. The number of carboxylic acids is 1. The van der Waals surface area contributed by atoms with Gasteiger partial charge in [0.15, 0.2) is 0 Å². The van der Waals surface area contributed by atoms with Crippen LogP contribution in [0.15, 0.2) is 82.4 Å². The van der Waals surface area contributed by atoms with Crippen molar-refractivity contribution in [3.05, 3.63) is 115 Å². The third-order valence-electron chi connectivity index (χ3n) is 5.20. The Hall–Kier alpha value is -3.64. The number of rotatable bonds is 6. The van der Waals surface area contributed by atoms with Gasteiger partial charge in [-0.15, -0.1) is 0 Å². The molecule has 0 amide bonds. The van der Waals surface area contributed by atoms with Crippen LogP contribution in [0.2, 0.25) is 5.02 Å². The molecule has 31 heavy (non-hydrogen) atoms. The van der Waals surface area contributed by atoms with E-state index >= 15 is 0 Å². The summed E-state index contributed by atoms with van der Waals surface area (Å²) in [6.45, 7) is 0.430. The fourth-order valence-corrected chi connectivity index (χ4v) is 3.73. The number of aromatic carboxylic acids is 1. The SMILES string of the molecule is O=C(O)c1ccc(Cn2c(=O)n(CCc3ccccc3)c(=O)c3ccc(Cl)cc32)cc1. The first-order chi connectivity index (χ1) is 14.9. The van der Waals surface area contributed by atoms with Crippen LogP contribution in [0.25, 0.3) is 10.9 Å². The lowest BCUT2D eigenvalue weighted by Crippen LogP contribution is -2.40. The van der Waals surface area contributed by atoms with Gasteiger partial charge in [-0.05, 0) is 47.9 Å². The Labute approximate surface area is 182 Å². The van der Waals surface area contributed by atoms with Crippen LogP contribution in [0.3, 0.4) is 0 Å². The van der Waals surface area contributed by atoms with E-state index in [9.17, 15) is 14.4 Å².